The van der Waals surface area contributed by atoms with Crippen LogP contribution in [-0.2, 0) is 11.3 Å². The summed E-state index contributed by atoms with van der Waals surface area (Å²) in [7, 11) is 0. The van der Waals surface area contributed by atoms with Gasteiger partial charge in [0, 0.05) is 24.9 Å². The zero-order valence-electron chi connectivity index (χ0n) is 13.1. The van der Waals surface area contributed by atoms with Crippen molar-refractivity contribution >= 4 is 18.1 Å². The summed E-state index contributed by atoms with van der Waals surface area (Å²) in [5, 5.41) is 10.3. The third kappa shape index (κ3) is 3.97. The predicted molar refractivity (Wildman–Crippen MR) is 88.2 cm³/mol. The summed E-state index contributed by atoms with van der Waals surface area (Å²) in [6.07, 6.45) is 10.8. The van der Waals surface area contributed by atoms with Gasteiger partial charge in [-0.3, -0.25) is 9.89 Å². The Balaban J connectivity index is 1.49. The molecule has 1 heterocycles. The molecule has 0 atom stereocenters. The van der Waals surface area contributed by atoms with E-state index in [1.165, 1.54) is 44.9 Å². The van der Waals surface area contributed by atoms with E-state index in [-0.39, 0.29) is 11.8 Å². The molecule has 2 N–H and O–H groups in total. The molecule has 2 fully saturated rings. The topological polar surface area (TPSA) is 62.7 Å². The van der Waals surface area contributed by atoms with E-state index in [1.807, 2.05) is 4.57 Å². The summed E-state index contributed by atoms with van der Waals surface area (Å²) >= 11 is 5.29. The Labute approximate surface area is 136 Å². The number of aromatic amines is 1. The average molecular weight is 322 g/mol. The van der Waals surface area contributed by atoms with Crippen LogP contribution in [-0.4, -0.2) is 27.2 Å². The van der Waals surface area contributed by atoms with Gasteiger partial charge in [-0.05, 0) is 37.9 Å². The minimum Gasteiger partial charge on any atom is -0.354 e. The van der Waals surface area contributed by atoms with Gasteiger partial charge in [0.1, 0.15) is 5.82 Å². The van der Waals surface area contributed by atoms with Crippen molar-refractivity contribution in [1.29, 1.82) is 0 Å². The molecule has 1 aromatic rings. The lowest BCUT2D eigenvalue weighted by Gasteiger charge is -2.19. The molecule has 0 spiro atoms. The molecule has 0 radical (unpaired) electrons. The number of nitrogens with zero attached hydrogens (tertiary/aromatic N) is 2. The van der Waals surface area contributed by atoms with Crippen molar-refractivity contribution in [2.75, 3.05) is 6.54 Å². The quantitative estimate of drug-likeness (QED) is 0.818. The molecule has 22 heavy (non-hydrogen) atoms. The van der Waals surface area contributed by atoms with Crippen molar-refractivity contribution in [3.05, 3.63) is 10.6 Å². The number of H-pyrrole nitrogens is 1. The molecule has 2 aliphatic carbocycles. The largest absolute Gasteiger partial charge is 0.354 e. The number of rotatable bonds is 5. The lowest BCUT2D eigenvalue weighted by Crippen LogP contribution is -2.33. The Bertz CT molecular complexity index is 553. The summed E-state index contributed by atoms with van der Waals surface area (Å²) < 4.78 is 2.72. The summed E-state index contributed by atoms with van der Waals surface area (Å²) in [4.78, 5) is 12.3. The second-order valence-corrected chi connectivity index (χ2v) is 7.03. The fraction of sp³-hybridized carbons (Fsp3) is 0.812. The normalized spacial score (nSPS) is 20.4. The van der Waals surface area contributed by atoms with Crippen LogP contribution in [0.5, 0.6) is 0 Å². The molecule has 2 aliphatic rings. The molecule has 5 nitrogen and oxygen atoms in total. The van der Waals surface area contributed by atoms with Crippen molar-refractivity contribution in [2.24, 2.45) is 5.92 Å². The number of nitrogens with one attached hydrogen (secondary N) is 2. The Morgan fingerprint density at radius 1 is 1.18 bits per heavy atom. The van der Waals surface area contributed by atoms with Crippen LogP contribution >= 0.6 is 12.2 Å². The molecular formula is C16H26N4OS. The Morgan fingerprint density at radius 3 is 2.55 bits per heavy atom. The van der Waals surface area contributed by atoms with Crippen LogP contribution in [0.2, 0.25) is 0 Å². The lowest BCUT2D eigenvalue weighted by atomic mass is 9.90. The second-order valence-electron chi connectivity index (χ2n) is 6.65. The fourth-order valence-electron chi connectivity index (χ4n) is 3.35. The van der Waals surface area contributed by atoms with E-state index in [0.717, 1.165) is 25.2 Å². The first-order chi connectivity index (χ1) is 10.8. The third-order valence-corrected chi connectivity index (χ3v) is 5.15. The van der Waals surface area contributed by atoms with Crippen LogP contribution in [0.15, 0.2) is 0 Å². The van der Waals surface area contributed by atoms with E-state index < -0.39 is 0 Å². The second kappa shape index (κ2) is 7.40. The predicted octanol–water partition coefficient (Wildman–Crippen LogP) is 3.29. The highest BCUT2D eigenvalue weighted by atomic mass is 32.1. The number of hydrogen-bond donors (Lipinski definition) is 2. The number of carbonyl (C=O) groups is 1. The van der Waals surface area contributed by atoms with Crippen LogP contribution in [0.1, 0.15) is 69.5 Å². The first-order valence-electron chi connectivity index (χ1n) is 8.68. The summed E-state index contributed by atoms with van der Waals surface area (Å²) in [5.41, 5.74) is 0. The van der Waals surface area contributed by atoms with E-state index in [0.29, 0.717) is 17.2 Å². The van der Waals surface area contributed by atoms with Crippen LogP contribution in [0.25, 0.3) is 0 Å². The molecule has 122 valence electrons. The maximum absolute atomic E-state index is 12.3. The molecule has 0 bridgehead atoms. The van der Waals surface area contributed by atoms with Gasteiger partial charge in [0.2, 0.25) is 5.91 Å². The van der Waals surface area contributed by atoms with Gasteiger partial charge in [-0.15, -0.1) is 0 Å². The van der Waals surface area contributed by atoms with E-state index in [9.17, 15) is 4.79 Å². The molecule has 0 aromatic carbocycles. The molecule has 0 unspecified atom stereocenters. The maximum atomic E-state index is 12.3. The van der Waals surface area contributed by atoms with Gasteiger partial charge in [-0.2, -0.15) is 5.10 Å². The SMILES string of the molecule is O=C(NCCn1c(C2CC2)n[nH]c1=S)C1CCCCCCC1. The third-order valence-electron chi connectivity index (χ3n) is 4.84. The highest BCUT2D eigenvalue weighted by molar-refractivity contribution is 7.71. The summed E-state index contributed by atoms with van der Waals surface area (Å²) in [5.74, 6) is 2.06. The van der Waals surface area contributed by atoms with Crippen LogP contribution in [0.3, 0.4) is 0 Å². The van der Waals surface area contributed by atoms with Crippen molar-refractivity contribution < 1.29 is 4.79 Å². The van der Waals surface area contributed by atoms with Crippen LogP contribution in [0.4, 0.5) is 0 Å². The highest BCUT2D eigenvalue weighted by Gasteiger charge is 2.29. The van der Waals surface area contributed by atoms with E-state index in [4.69, 9.17) is 12.2 Å². The number of aromatic nitrogens is 3. The van der Waals surface area contributed by atoms with Gasteiger partial charge < -0.3 is 9.88 Å². The standard InChI is InChI=1S/C16H26N4OS/c21-15(13-6-4-2-1-3-5-7-13)17-10-11-20-14(12-8-9-12)18-19-16(20)22/h12-13H,1-11H2,(H,17,21)(H,19,22). The van der Waals surface area contributed by atoms with Crippen molar-refractivity contribution in [2.45, 2.75) is 70.3 Å². The number of hydrogen-bond acceptors (Lipinski definition) is 3. The first-order valence-corrected chi connectivity index (χ1v) is 9.09. The van der Waals surface area contributed by atoms with E-state index >= 15 is 0 Å². The van der Waals surface area contributed by atoms with Crippen LogP contribution < -0.4 is 5.32 Å². The smallest absolute Gasteiger partial charge is 0.223 e. The molecular weight excluding hydrogens is 296 g/mol. The van der Waals surface area contributed by atoms with Gasteiger partial charge in [-0.25, -0.2) is 0 Å². The lowest BCUT2D eigenvalue weighted by molar-refractivity contribution is -0.125. The minimum atomic E-state index is 0.209. The van der Waals surface area contributed by atoms with Gasteiger partial charge in [0.15, 0.2) is 4.77 Å². The average Bonchev–Trinajstić information content (AvgIpc) is 3.24. The summed E-state index contributed by atoms with van der Waals surface area (Å²) in [6.45, 7) is 1.36. The Morgan fingerprint density at radius 2 is 1.86 bits per heavy atom. The van der Waals surface area contributed by atoms with Crippen LogP contribution in [0, 0.1) is 10.7 Å². The molecule has 0 saturated heterocycles. The van der Waals surface area contributed by atoms with Gasteiger partial charge >= 0.3 is 0 Å². The number of amides is 1. The molecule has 1 amide bonds. The molecule has 6 heteroatoms. The van der Waals surface area contributed by atoms with Crippen molar-refractivity contribution in [3.8, 4) is 0 Å². The zero-order chi connectivity index (χ0) is 15.4. The Hall–Kier alpha value is -1.17. The van der Waals surface area contributed by atoms with E-state index in [1.54, 1.807) is 0 Å². The van der Waals surface area contributed by atoms with Gasteiger partial charge in [0.05, 0.1) is 0 Å². The van der Waals surface area contributed by atoms with Crippen molar-refractivity contribution in [3.63, 3.8) is 0 Å². The fourth-order valence-corrected chi connectivity index (χ4v) is 3.58. The van der Waals surface area contributed by atoms with Crippen molar-refractivity contribution in [1.82, 2.24) is 20.1 Å². The Kier molecular flexibility index (Phi) is 5.28. The minimum absolute atomic E-state index is 0.209. The van der Waals surface area contributed by atoms with E-state index in [2.05, 4.69) is 15.5 Å². The van der Waals surface area contributed by atoms with Gasteiger partial charge in [-0.1, -0.05) is 32.1 Å². The maximum Gasteiger partial charge on any atom is 0.223 e. The molecule has 1 aromatic heterocycles. The molecule has 2 saturated carbocycles. The molecule has 3 rings (SSSR count). The highest BCUT2D eigenvalue weighted by Crippen LogP contribution is 2.38. The summed E-state index contributed by atoms with van der Waals surface area (Å²) in [6, 6.07) is 0. The zero-order valence-corrected chi connectivity index (χ0v) is 14.0. The first kappa shape index (κ1) is 15.7. The monoisotopic (exact) mass is 322 g/mol. The number of carbonyl (C=O) groups excluding carboxylic acids is 1. The molecule has 0 aliphatic heterocycles. The van der Waals surface area contributed by atoms with Gasteiger partial charge in [0.25, 0.3) is 0 Å².